The molecule has 0 aliphatic carbocycles. The van der Waals surface area contributed by atoms with Crippen molar-refractivity contribution < 1.29 is 14.9 Å². The highest BCUT2D eigenvalue weighted by Gasteiger charge is 2.14. The summed E-state index contributed by atoms with van der Waals surface area (Å²) in [4.78, 5) is 19.3. The Morgan fingerprint density at radius 2 is 1.24 bits per heavy atom. The van der Waals surface area contributed by atoms with Crippen molar-refractivity contribution in [2.24, 2.45) is 32.9 Å². The average molecular weight is 296 g/mol. The van der Waals surface area contributed by atoms with Gasteiger partial charge in [0.05, 0.1) is 0 Å². The van der Waals surface area contributed by atoms with Crippen molar-refractivity contribution in [2.45, 2.75) is 0 Å². The van der Waals surface area contributed by atoms with Crippen LogP contribution in [0.4, 0.5) is 11.6 Å². The number of aliphatic imine (C=N–C) groups is 2. The minimum absolute atomic E-state index is 0.106. The Bertz CT molecular complexity index is 646. The molecule has 0 fully saturated rings. The largest absolute Gasteiger partial charge is 0.491 e. The predicted molar refractivity (Wildman–Crippen MR) is 71.5 cm³/mol. The van der Waals surface area contributed by atoms with Gasteiger partial charge in [-0.05, 0) is 0 Å². The summed E-state index contributed by atoms with van der Waals surface area (Å²) in [6.45, 7) is 0. The average Bonchev–Trinajstić information content (AvgIpc) is 2.83. The zero-order valence-electron chi connectivity index (χ0n) is 10.4. The first-order valence-electron chi connectivity index (χ1n) is 5.30. The van der Waals surface area contributed by atoms with E-state index in [0.717, 1.165) is 0 Å². The highest BCUT2D eigenvalue weighted by molar-refractivity contribution is 5.79. The van der Waals surface area contributed by atoms with Gasteiger partial charge in [-0.25, -0.2) is 0 Å². The van der Waals surface area contributed by atoms with Crippen molar-refractivity contribution in [3.8, 4) is 23.8 Å². The number of imidazole rings is 2. The fourth-order valence-electron chi connectivity index (χ4n) is 1.27. The molecule has 13 nitrogen and oxygen atoms in total. The normalized spacial score (nSPS) is 10.1. The van der Waals surface area contributed by atoms with Gasteiger partial charge in [-0.15, -0.1) is 0 Å². The van der Waals surface area contributed by atoms with E-state index < -0.39 is 11.8 Å². The first-order valence-corrected chi connectivity index (χ1v) is 5.30. The first-order chi connectivity index (χ1) is 9.85. The van der Waals surface area contributed by atoms with E-state index in [0.29, 0.717) is 0 Å². The lowest BCUT2D eigenvalue weighted by Crippen LogP contribution is -2.21. The van der Waals surface area contributed by atoms with Crippen LogP contribution in [0.3, 0.4) is 0 Å². The number of nitrogens with zero attached hydrogens (tertiary/aromatic N) is 4. The lowest BCUT2D eigenvalue weighted by Gasteiger charge is -1.94. The van der Waals surface area contributed by atoms with Gasteiger partial charge in [0.25, 0.3) is 11.8 Å². The minimum Gasteiger partial charge on any atom is -0.491 e. The Balaban J connectivity index is 2.23. The Morgan fingerprint density at radius 1 is 0.857 bits per heavy atom. The number of nitrogens with one attached hydrogen (secondary N) is 2. The quantitative estimate of drug-likeness (QED) is 0.233. The smallest absolute Gasteiger partial charge is 0.306 e. The van der Waals surface area contributed by atoms with Crippen LogP contribution in [-0.2, 0) is 0 Å². The number of nitrogens with two attached hydrogens (primary N) is 4. The lowest BCUT2D eigenvalue weighted by atomic mass is 10.7. The molecule has 0 saturated carbocycles. The van der Waals surface area contributed by atoms with Gasteiger partial charge < -0.3 is 37.9 Å². The molecule has 2 aromatic heterocycles. The SMILES string of the molecule is NC(N)=Nc1[nH]c(Oc2nc(O)c(N=C(N)N)[nH]2)nc1O. The number of rotatable bonds is 4. The molecule has 2 aromatic rings. The molecule has 2 heterocycles. The summed E-state index contributed by atoms with van der Waals surface area (Å²) >= 11 is 0. The van der Waals surface area contributed by atoms with E-state index in [2.05, 4.69) is 29.9 Å². The van der Waals surface area contributed by atoms with Gasteiger partial charge in [0.1, 0.15) is 0 Å². The zero-order valence-corrected chi connectivity index (χ0v) is 10.4. The molecule has 0 aliphatic rings. The van der Waals surface area contributed by atoms with E-state index in [4.69, 9.17) is 27.7 Å². The number of ether oxygens (including phenoxy) is 1. The van der Waals surface area contributed by atoms with Gasteiger partial charge in [-0.1, -0.05) is 0 Å². The van der Waals surface area contributed by atoms with Crippen LogP contribution >= 0.6 is 0 Å². The van der Waals surface area contributed by atoms with E-state index in [1.165, 1.54) is 0 Å². The molecule has 13 heteroatoms. The van der Waals surface area contributed by atoms with E-state index in [9.17, 15) is 10.2 Å². The molecule has 112 valence electrons. The Morgan fingerprint density at radius 3 is 1.57 bits per heavy atom. The molecule has 0 aromatic carbocycles. The van der Waals surface area contributed by atoms with Crippen molar-refractivity contribution in [2.75, 3.05) is 0 Å². The van der Waals surface area contributed by atoms with E-state index in [-0.39, 0.29) is 35.6 Å². The van der Waals surface area contributed by atoms with Crippen molar-refractivity contribution in [3.63, 3.8) is 0 Å². The summed E-state index contributed by atoms with van der Waals surface area (Å²) in [5.41, 5.74) is 20.7. The van der Waals surface area contributed by atoms with E-state index >= 15 is 0 Å². The number of aromatic hydroxyl groups is 2. The van der Waals surface area contributed by atoms with E-state index in [1.807, 2.05) is 0 Å². The molecule has 0 saturated heterocycles. The van der Waals surface area contributed by atoms with Gasteiger partial charge >= 0.3 is 12.0 Å². The standard InChI is InChI=1S/C8H12N10O3/c9-5(10)13-1-3(19)17-7(15-1)21-8-16-2(4(20)18-8)14-6(11)12/h19-20H,(H,15,17)(H,16,18)(H4,9,10,13)(H4,11,12,14). The Labute approximate surface area is 116 Å². The number of hydrogen-bond donors (Lipinski definition) is 8. The molecule has 12 N–H and O–H groups in total. The molecule has 21 heavy (non-hydrogen) atoms. The fourth-order valence-corrected chi connectivity index (χ4v) is 1.27. The van der Waals surface area contributed by atoms with Gasteiger partial charge in [0.2, 0.25) is 11.6 Å². The van der Waals surface area contributed by atoms with Gasteiger partial charge in [0.15, 0.2) is 11.9 Å². The molecule has 0 unspecified atom stereocenters. The monoisotopic (exact) mass is 296 g/mol. The molecular formula is C8H12N10O3. The summed E-state index contributed by atoms with van der Waals surface area (Å²) < 4.78 is 5.11. The Hall–Kier alpha value is -3.64. The Kier molecular flexibility index (Phi) is 3.38. The van der Waals surface area contributed by atoms with Crippen LogP contribution in [0.1, 0.15) is 0 Å². The number of guanidine groups is 2. The second-order valence-electron chi connectivity index (χ2n) is 3.60. The highest BCUT2D eigenvalue weighted by atomic mass is 16.5. The van der Waals surface area contributed by atoms with Gasteiger partial charge in [0, 0.05) is 0 Å². The summed E-state index contributed by atoms with van der Waals surface area (Å²) in [6, 6.07) is -0.366. The number of aromatic nitrogens is 4. The van der Waals surface area contributed by atoms with Crippen LogP contribution in [0.25, 0.3) is 0 Å². The first kappa shape index (κ1) is 13.8. The second kappa shape index (κ2) is 5.16. The van der Waals surface area contributed by atoms with Crippen molar-refractivity contribution in [3.05, 3.63) is 0 Å². The van der Waals surface area contributed by atoms with E-state index in [1.54, 1.807) is 0 Å². The molecule has 0 amide bonds. The number of aromatic amines is 2. The van der Waals surface area contributed by atoms with Crippen LogP contribution in [-0.4, -0.2) is 42.1 Å². The summed E-state index contributed by atoms with van der Waals surface area (Å²) in [6.07, 6.45) is 0. The number of H-pyrrole nitrogens is 2. The van der Waals surface area contributed by atoms with Crippen LogP contribution < -0.4 is 27.7 Å². The van der Waals surface area contributed by atoms with Crippen LogP contribution in [0.5, 0.6) is 23.8 Å². The maximum absolute atomic E-state index is 9.46. The van der Waals surface area contributed by atoms with Crippen molar-refractivity contribution in [1.82, 2.24) is 19.9 Å². The van der Waals surface area contributed by atoms with Crippen molar-refractivity contribution >= 4 is 23.6 Å². The third kappa shape index (κ3) is 3.22. The van der Waals surface area contributed by atoms with Crippen LogP contribution in [0, 0.1) is 0 Å². The number of hydrogen-bond acceptors (Lipinski definition) is 7. The third-order valence-corrected chi connectivity index (χ3v) is 1.96. The van der Waals surface area contributed by atoms with Gasteiger partial charge in [-0.2, -0.15) is 20.0 Å². The minimum atomic E-state index is -0.487. The van der Waals surface area contributed by atoms with Crippen LogP contribution in [0.2, 0.25) is 0 Å². The molecule has 0 radical (unpaired) electrons. The highest BCUT2D eigenvalue weighted by Crippen LogP contribution is 2.31. The summed E-state index contributed by atoms with van der Waals surface area (Å²) in [5.74, 6) is -1.76. The predicted octanol–water partition coefficient (Wildman–Crippen LogP) is -1.85. The maximum Gasteiger partial charge on any atom is 0.306 e. The fraction of sp³-hybridized carbons (Fsp3) is 0. The lowest BCUT2D eigenvalue weighted by molar-refractivity contribution is 0.397. The third-order valence-electron chi connectivity index (χ3n) is 1.96. The molecule has 0 spiro atoms. The molecule has 0 bridgehead atoms. The molecule has 0 aliphatic heterocycles. The molecule has 2 rings (SSSR count). The topological polar surface area (TPSA) is 236 Å². The second-order valence-corrected chi connectivity index (χ2v) is 3.60. The van der Waals surface area contributed by atoms with Gasteiger partial charge in [-0.3, -0.25) is 9.97 Å². The summed E-state index contributed by atoms with van der Waals surface area (Å²) in [7, 11) is 0. The summed E-state index contributed by atoms with van der Waals surface area (Å²) in [5, 5.41) is 18.9. The zero-order chi connectivity index (χ0) is 15.6. The maximum atomic E-state index is 9.46. The van der Waals surface area contributed by atoms with Crippen LogP contribution in [0.15, 0.2) is 9.98 Å². The molecular weight excluding hydrogens is 284 g/mol. The molecule has 0 atom stereocenters. The van der Waals surface area contributed by atoms with Crippen molar-refractivity contribution in [1.29, 1.82) is 0 Å².